The molecule has 0 atom stereocenters. The fraction of sp³-hybridized carbons (Fsp3) is 0.158. The Balaban J connectivity index is 2.14. The summed E-state index contributed by atoms with van der Waals surface area (Å²) >= 11 is 0. The van der Waals surface area contributed by atoms with Crippen LogP contribution in [0.4, 0.5) is 5.69 Å². The van der Waals surface area contributed by atoms with Crippen molar-refractivity contribution in [1.82, 2.24) is 5.43 Å². The molecule has 2 rings (SSSR count). The predicted octanol–water partition coefficient (Wildman–Crippen LogP) is 2.92. The number of allylic oxidation sites excluding steroid dienone is 1. The second-order valence-corrected chi connectivity index (χ2v) is 7.90. The number of nitrogens with zero attached hydrogens (tertiary/aromatic N) is 1. The molecule has 0 fully saturated rings. The average molecular weight is 369 g/mol. The zero-order chi connectivity index (χ0) is 19.2. The number of benzene rings is 2. The number of amides is 1. The first-order chi connectivity index (χ1) is 12.3. The van der Waals surface area contributed by atoms with Gasteiger partial charge in [0.15, 0.2) is 0 Å². The normalized spacial score (nSPS) is 11.7. The summed E-state index contributed by atoms with van der Waals surface area (Å²) < 4.78 is 24.0. The summed E-state index contributed by atoms with van der Waals surface area (Å²) in [6, 6.07) is 16.9. The lowest BCUT2D eigenvalue weighted by atomic mass is 9.84. The molecule has 26 heavy (non-hydrogen) atoms. The fourth-order valence-electron chi connectivity index (χ4n) is 2.20. The van der Waals surface area contributed by atoms with Crippen molar-refractivity contribution in [3.63, 3.8) is 0 Å². The minimum atomic E-state index is -3.67. The minimum Gasteiger partial charge on any atom is -0.299 e. The summed E-state index contributed by atoms with van der Waals surface area (Å²) in [5.74, 6) is -0.263. The van der Waals surface area contributed by atoms with Gasteiger partial charge >= 0.3 is 0 Å². The van der Waals surface area contributed by atoms with Crippen LogP contribution in [0.25, 0.3) is 0 Å². The second kappa shape index (κ2) is 7.85. The highest BCUT2D eigenvalue weighted by molar-refractivity contribution is 7.94. The lowest BCUT2D eigenvalue weighted by Gasteiger charge is -2.24. The van der Waals surface area contributed by atoms with Crippen molar-refractivity contribution in [1.29, 1.82) is 5.26 Å². The van der Waals surface area contributed by atoms with Crippen molar-refractivity contribution in [2.45, 2.75) is 24.2 Å². The molecule has 6 nitrogen and oxygen atoms in total. The molecule has 2 N–H and O–H groups in total. The van der Waals surface area contributed by atoms with E-state index in [9.17, 15) is 13.2 Å². The van der Waals surface area contributed by atoms with Crippen LogP contribution in [0.2, 0.25) is 0 Å². The van der Waals surface area contributed by atoms with Gasteiger partial charge in [-0.15, -0.1) is 0 Å². The van der Waals surface area contributed by atoms with E-state index in [0.29, 0.717) is 5.56 Å². The average Bonchev–Trinajstić information content (AvgIpc) is 2.65. The Morgan fingerprint density at radius 2 is 1.69 bits per heavy atom. The van der Waals surface area contributed by atoms with Crippen LogP contribution < -0.4 is 10.9 Å². The van der Waals surface area contributed by atoms with E-state index < -0.39 is 15.3 Å². The largest absolute Gasteiger partial charge is 0.299 e. The van der Waals surface area contributed by atoms with Gasteiger partial charge in [-0.2, -0.15) is 5.26 Å². The maximum atomic E-state index is 12.5. The van der Waals surface area contributed by atoms with E-state index in [-0.39, 0.29) is 10.8 Å². The number of carbonyl (C=O) groups excluding carboxylic acids is 1. The third-order valence-electron chi connectivity index (χ3n) is 3.89. The lowest BCUT2D eigenvalue weighted by Crippen LogP contribution is -2.42. The van der Waals surface area contributed by atoms with Gasteiger partial charge in [0.2, 0.25) is 15.7 Å². The molecule has 7 heteroatoms. The first-order valence-corrected chi connectivity index (χ1v) is 9.35. The number of hydrogen-bond donors (Lipinski definition) is 2. The summed E-state index contributed by atoms with van der Waals surface area (Å²) in [5.41, 5.74) is 6.03. The lowest BCUT2D eigenvalue weighted by molar-refractivity contribution is -0.125. The fourth-order valence-corrected chi connectivity index (χ4v) is 3.11. The number of para-hydroxylation sites is 1. The van der Waals surface area contributed by atoms with Crippen LogP contribution >= 0.6 is 0 Å². The summed E-state index contributed by atoms with van der Waals surface area (Å²) in [6.07, 6.45) is 0.913. The SMILES string of the molecule is CC(C)(C(=O)NNc1ccccc1)c1ccc(S(=O)(=O)/C=C/C#N)cc1. The van der Waals surface area contributed by atoms with Crippen LogP contribution in [-0.2, 0) is 20.0 Å². The molecule has 0 saturated carbocycles. The van der Waals surface area contributed by atoms with E-state index in [2.05, 4.69) is 10.9 Å². The zero-order valence-corrected chi connectivity index (χ0v) is 15.2. The minimum absolute atomic E-state index is 0.0615. The van der Waals surface area contributed by atoms with Crippen LogP contribution in [-0.4, -0.2) is 14.3 Å². The van der Waals surface area contributed by atoms with Gasteiger partial charge in [-0.25, -0.2) is 8.42 Å². The first kappa shape index (κ1) is 19.2. The van der Waals surface area contributed by atoms with E-state index in [0.717, 1.165) is 17.2 Å². The molecule has 2 aromatic carbocycles. The molecule has 0 unspecified atom stereocenters. The van der Waals surface area contributed by atoms with E-state index in [1.54, 1.807) is 32.0 Å². The highest BCUT2D eigenvalue weighted by atomic mass is 32.2. The van der Waals surface area contributed by atoms with Gasteiger partial charge in [0.05, 0.1) is 22.1 Å². The highest BCUT2D eigenvalue weighted by Crippen LogP contribution is 2.25. The standard InChI is InChI=1S/C19H19N3O3S/c1-19(2,18(23)22-21-16-7-4-3-5-8-16)15-9-11-17(12-10-15)26(24,25)14-6-13-20/h3-12,14,21H,1-2H3,(H,22,23)/b14-6+. The van der Waals surface area contributed by atoms with Crippen LogP contribution in [0.15, 0.2) is 71.0 Å². The zero-order valence-electron chi connectivity index (χ0n) is 14.4. The van der Waals surface area contributed by atoms with Gasteiger partial charge in [-0.1, -0.05) is 30.3 Å². The number of rotatable bonds is 6. The van der Waals surface area contributed by atoms with Crippen LogP contribution in [0.3, 0.4) is 0 Å². The number of hydrogen-bond acceptors (Lipinski definition) is 5. The Labute approximate surface area is 153 Å². The maximum absolute atomic E-state index is 12.5. The monoisotopic (exact) mass is 369 g/mol. The molecule has 2 aromatic rings. The molecule has 0 bridgehead atoms. The summed E-state index contributed by atoms with van der Waals surface area (Å²) in [4.78, 5) is 12.6. The quantitative estimate of drug-likeness (QED) is 0.602. The van der Waals surface area contributed by atoms with Gasteiger partial charge in [-0.05, 0) is 43.7 Å². The van der Waals surface area contributed by atoms with Crippen molar-refractivity contribution >= 4 is 21.4 Å². The van der Waals surface area contributed by atoms with Crippen molar-refractivity contribution in [3.8, 4) is 6.07 Å². The Hall–Kier alpha value is -3.11. The number of carbonyl (C=O) groups is 1. The van der Waals surface area contributed by atoms with Crippen molar-refractivity contribution < 1.29 is 13.2 Å². The first-order valence-electron chi connectivity index (χ1n) is 7.80. The predicted molar refractivity (Wildman–Crippen MR) is 99.6 cm³/mol. The Bertz CT molecular complexity index is 942. The van der Waals surface area contributed by atoms with Gasteiger partial charge in [0, 0.05) is 11.5 Å². The van der Waals surface area contributed by atoms with E-state index in [4.69, 9.17) is 5.26 Å². The third-order valence-corrected chi connectivity index (χ3v) is 5.31. The molecule has 0 aliphatic carbocycles. The molecule has 0 saturated heterocycles. The summed E-state index contributed by atoms with van der Waals surface area (Å²) in [5, 5.41) is 9.32. The van der Waals surface area contributed by atoms with Gasteiger partial charge in [0.1, 0.15) is 0 Å². The molecule has 0 aliphatic rings. The second-order valence-electron chi connectivity index (χ2n) is 6.07. The maximum Gasteiger partial charge on any atom is 0.248 e. The number of anilines is 1. The number of nitrogens with one attached hydrogen (secondary N) is 2. The van der Waals surface area contributed by atoms with Crippen molar-refractivity contribution in [2.24, 2.45) is 0 Å². The topological polar surface area (TPSA) is 99.1 Å². The summed E-state index contributed by atoms with van der Waals surface area (Å²) in [7, 11) is -3.67. The number of nitriles is 1. The van der Waals surface area contributed by atoms with E-state index >= 15 is 0 Å². The summed E-state index contributed by atoms with van der Waals surface area (Å²) in [6.45, 7) is 3.49. The molecule has 0 heterocycles. The Kier molecular flexibility index (Phi) is 5.80. The molecule has 1 amide bonds. The smallest absolute Gasteiger partial charge is 0.248 e. The Morgan fingerprint density at radius 1 is 1.08 bits per heavy atom. The number of hydrazine groups is 1. The van der Waals surface area contributed by atoms with Crippen LogP contribution in [0.1, 0.15) is 19.4 Å². The van der Waals surface area contributed by atoms with E-state index in [1.165, 1.54) is 12.1 Å². The van der Waals surface area contributed by atoms with Crippen LogP contribution in [0, 0.1) is 11.3 Å². The molecule has 0 radical (unpaired) electrons. The van der Waals surface area contributed by atoms with Crippen molar-refractivity contribution in [2.75, 3.05) is 5.43 Å². The van der Waals surface area contributed by atoms with E-state index in [1.807, 2.05) is 30.3 Å². The highest BCUT2D eigenvalue weighted by Gasteiger charge is 2.30. The molecule has 0 spiro atoms. The number of sulfone groups is 1. The molecule has 0 aromatic heterocycles. The molecular formula is C19H19N3O3S. The molecule has 134 valence electrons. The Morgan fingerprint density at radius 3 is 2.27 bits per heavy atom. The molecule has 0 aliphatic heterocycles. The van der Waals surface area contributed by atoms with Gasteiger partial charge in [0.25, 0.3) is 0 Å². The molecular weight excluding hydrogens is 350 g/mol. The van der Waals surface area contributed by atoms with Gasteiger partial charge < -0.3 is 0 Å². The van der Waals surface area contributed by atoms with Crippen LogP contribution in [0.5, 0.6) is 0 Å². The van der Waals surface area contributed by atoms with Gasteiger partial charge in [-0.3, -0.25) is 15.6 Å². The third kappa shape index (κ3) is 4.49. The van der Waals surface area contributed by atoms with Crippen molar-refractivity contribution in [3.05, 3.63) is 71.6 Å².